The van der Waals surface area contributed by atoms with E-state index in [1.807, 2.05) is 43.5 Å². The van der Waals surface area contributed by atoms with Crippen LogP contribution in [0.15, 0.2) is 36.5 Å². The average Bonchev–Trinajstić information content (AvgIpc) is 3.30. The van der Waals surface area contributed by atoms with Crippen molar-refractivity contribution < 1.29 is 4.79 Å². The molecular formula is C20H23N5O. The number of fused-ring (bicyclic) bond motifs is 1. The first-order valence-corrected chi connectivity index (χ1v) is 9.10. The van der Waals surface area contributed by atoms with Crippen LogP contribution in [0.5, 0.6) is 0 Å². The Morgan fingerprint density at radius 1 is 1.23 bits per heavy atom. The number of aryl methyl sites for hydroxylation is 1. The van der Waals surface area contributed by atoms with Gasteiger partial charge in [0.25, 0.3) is 0 Å². The van der Waals surface area contributed by atoms with E-state index in [0.29, 0.717) is 13.0 Å². The average molecular weight is 349 g/mol. The molecule has 3 aromatic rings. The van der Waals surface area contributed by atoms with Crippen LogP contribution in [0.4, 0.5) is 5.95 Å². The fourth-order valence-electron chi connectivity index (χ4n) is 3.47. The molecule has 0 radical (unpaired) electrons. The number of benzene rings is 1. The van der Waals surface area contributed by atoms with Gasteiger partial charge in [0.05, 0.1) is 18.7 Å². The number of aromatic nitrogens is 3. The van der Waals surface area contributed by atoms with E-state index in [2.05, 4.69) is 25.2 Å². The van der Waals surface area contributed by atoms with E-state index in [9.17, 15) is 4.79 Å². The molecule has 1 saturated heterocycles. The SMILES string of the molecule is Cc1cc(CNC(=O)Cc2c[nH]c3ccccc23)nc(N2CCCC2)n1. The number of carbonyl (C=O) groups is 1. The molecule has 0 saturated carbocycles. The highest BCUT2D eigenvalue weighted by atomic mass is 16.1. The van der Waals surface area contributed by atoms with Crippen molar-refractivity contribution in [3.05, 3.63) is 53.5 Å². The topological polar surface area (TPSA) is 73.9 Å². The molecule has 0 bridgehead atoms. The number of rotatable bonds is 5. The molecule has 26 heavy (non-hydrogen) atoms. The highest BCUT2D eigenvalue weighted by molar-refractivity contribution is 5.88. The summed E-state index contributed by atoms with van der Waals surface area (Å²) >= 11 is 0. The number of H-pyrrole nitrogens is 1. The monoisotopic (exact) mass is 349 g/mol. The predicted octanol–water partition coefficient (Wildman–Crippen LogP) is 2.73. The second-order valence-corrected chi connectivity index (χ2v) is 6.81. The standard InChI is InChI=1S/C20H23N5O/c1-14-10-16(24-20(23-14)25-8-4-5-9-25)13-22-19(26)11-15-12-21-18-7-3-2-6-17(15)18/h2-3,6-7,10,12,21H,4-5,8-9,11,13H2,1H3,(H,22,26). The summed E-state index contributed by atoms with van der Waals surface area (Å²) in [5.74, 6) is 0.775. The second-order valence-electron chi connectivity index (χ2n) is 6.81. The number of hydrogen-bond acceptors (Lipinski definition) is 4. The third kappa shape index (κ3) is 3.54. The number of nitrogens with zero attached hydrogens (tertiary/aromatic N) is 3. The highest BCUT2D eigenvalue weighted by Gasteiger charge is 2.16. The Hall–Kier alpha value is -2.89. The quantitative estimate of drug-likeness (QED) is 0.743. The van der Waals surface area contributed by atoms with Crippen molar-refractivity contribution in [3.8, 4) is 0 Å². The fourth-order valence-corrected chi connectivity index (χ4v) is 3.47. The Kier molecular flexibility index (Phi) is 4.56. The summed E-state index contributed by atoms with van der Waals surface area (Å²) in [5, 5.41) is 4.08. The van der Waals surface area contributed by atoms with Gasteiger partial charge in [0.1, 0.15) is 0 Å². The zero-order chi connectivity index (χ0) is 17.9. The molecule has 6 nitrogen and oxygen atoms in total. The third-order valence-corrected chi connectivity index (χ3v) is 4.78. The number of carbonyl (C=O) groups excluding carboxylic acids is 1. The first-order chi connectivity index (χ1) is 12.7. The largest absolute Gasteiger partial charge is 0.361 e. The molecular weight excluding hydrogens is 326 g/mol. The zero-order valence-corrected chi connectivity index (χ0v) is 15.0. The summed E-state index contributed by atoms with van der Waals surface area (Å²) in [6, 6.07) is 9.95. The van der Waals surface area contributed by atoms with E-state index in [1.165, 1.54) is 12.8 Å². The highest BCUT2D eigenvalue weighted by Crippen LogP contribution is 2.18. The van der Waals surface area contributed by atoms with Crippen LogP contribution < -0.4 is 10.2 Å². The lowest BCUT2D eigenvalue weighted by Gasteiger charge is -2.16. The Balaban J connectivity index is 1.41. The van der Waals surface area contributed by atoms with Crippen molar-refractivity contribution in [3.63, 3.8) is 0 Å². The molecule has 1 aliphatic heterocycles. The van der Waals surface area contributed by atoms with Crippen LogP contribution in [0, 0.1) is 6.92 Å². The van der Waals surface area contributed by atoms with Gasteiger partial charge in [0.2, 0.25) is 11.9 Å². The molecule has 1 aromatic carbocycles. The van der Waals surface area contributed by atoms with Crippen molar-refractivity contribution in [1.82, 2.24) is 20.3 Å². The van der Waals surface area contributed by atoms with E-state index < -0.39 is 0 Å². The lowest BCUT2D eigenvalue weighted by Crippen LogP contribution is -2.26. The van der Waals surface area contributed by atoms with Gasteiger partial charge in [-0.15, -0.1) is 0 Å². The van der Waals surface area contributed by atoms with Crippen LogP contribution in [0.3, 0.4) is 0 Å². The van der Waals surface area contributed by atoms with Gasteiger partial charge in [-0.05, 0) is 37.5 Å². The Labute approximate surface area is 152 Å². The molecule has 1 aliphatic rings. The number of nitrogens with one attached hydrogen (secondary N) is 2. The molecule has 4 rings (SSSR count). The van der Waals surface area contributed by atoms with Crippen molar-refractivity contribution >= 4 is 22.8 Å². The lowest BCUT2D eigenvalue weighted by atomic mass is 10.1. The summed E-state index contributed by atoms with van der Waals surface area (Å²) in [4.78, 5) is 27.0. The predicted molar refractivity (Wildman–Crippen MR) is 102 cm³/mol. The minimum atomic E-state index is -0.00580. The first kappa shape index (κ1) is 16.6. The molecule has 1 fully saturated rings. The Bertz CT molecular complexity index is 927. The van der Waals surface area contributed by atoms with Gasteiger partial charge >= 0.3 is 0 Å². The van der Waals surface area contributed by atoms with Crippen LogP contribution in [0.25, 0.3) is 10.9 Å². The van der Waals surface area contributed by atoms with E-state index in [-0.39, 0.29) is 5.91 Å². The van der Waals surface area contributed by atoms with Gasteiger partial charge in [-0.2, -0.15) is 0 Å². The summed E-state index contributed by atoms with van der Waals surface area (Å²) < 4.78 is 0. The molecule has 2 aromatic heterocycles. The van der Waals surface area contributed by atoms with Gasteiger partial charge in [0, 0.05) is 35.9 Å². The molecule has 0 atom stereocenters. The van der Waals surface area contributed by atoms with Crippen molar-refractivity contribution in [1.29, 1.82) is 0 Å². The Morgan fingerprint density at radius 2 is 2.04 bits per heavy atom. The molecule has 1 amide bonds. The summed E-state index contributed by atoms with van der Waals surface area (Å²) in [5.41, 5.74) is 3.85. The number of anilines is 1. The maximum atomic E-state index is 12.4. The summed E-state index contributed by atoms with van der Waals surface area (Å²) in [6.45, 7) is 4.41. The number of para-hydroxylation sites is 1. The zero-order valence-electron chi connectivity index (χ0n) is 15.0. The second kappa shape index (κ2) is 7.15. The normalized spacial score (nSPS) is 14.1. The number of amides is 1. The van der Waals surface area contributed by atoms with E-state index >= 15 is 0 Å². The molecule has 3 heterocycles. The number of aromatic amines is 1. The van der Waals surface area contributed by atoms with Crippen LogP contribution >= 0.6 is 0 Å². The summed E-state index contributed by atoms with van der Waals surface area (Å²) in [6.07, 6.45) is 4.64. The van der Waals surface area contributed by atoms with E-state index in [1.54, 1.807) is 0 Å². The van der Waals surface area contributed by atoms with Crippen molar-refractivity contribution in [2.75, 3.05) is 18.0 Å². The van der Waals surface area contributed by atoms with Crippen LogP contribution in [-0.4, -0.2) is 33.9 Å². The van der Waals surface area contributed by atoms with Gasteiger partial charge in [-0.3, -0.25) is 4.79 Å². The first-order valence-electron chi connectivity index (χ1n) is 9.10. The van der Waals surface area contributed by atoms with Gasteiger partial charge in [-0.1, -0.05) is 18.2 Å². The minimum absolute atomic E-state index is 0.00580. The van der Waals surface area contributed by atoms with Gasteiger partial charge in [-0.25, -0.2) is 9.97 Å². The van der Waals surface area contributed by atoms with Gasteiger partial charge < -0.3 is 15.2 Å². The molecule has 0 aliphatic carbocycles. The van der Waals surface area contributed by atoms with Crippen molar-refractivity contribution in [2.45, 2.75) is 32.7 Å². The maximum absolute atomic E-state index is 12.4. The molecule has 134 valence electrons. The molecule has 2 N–H and O–H groups in total. The van der Waals surface area contributed by atoms with Gasteiger partial charge in [0.15, 0.2) is 0 Å². The third-order valence-electron chi connectivity index (χ3n) is 4.78. The van der Waals surface area contributed by atoms with E-state index in [0.717, 1.165) is 46.9 Å². The van der Waals surface area contributed by atoms with Crippen LogP contribution in [-0.2, 0) is 17.8 Å². The number of hydrogen-bond donors (Lipinski definition) is 2. The minimum Gasteiger partial charge on any atom is -0.361 e. The lowest BCUT2D eigenvalue weighted by molar-refractivity contribution is -0.120. The maximum Gasteiger partial charge on any atom is 0.225 e. The fraction of sp³-hybridized carbons (Fsp3) is 0.350. The molecule has 0 unspecified atom stereocenters. The molecule has 6 heteroatoms. The summed E-state index contributed by atoms with van der Waals surface area (Å²) in [7, 11) is 0. The smallest absolute Gasteiger partial charge is 0.225 e. The van der Waals surface area contributed by atoms with Crippen LogP contribution in [0.1, 0.15) is 29.8 Å². The van der Waals surface area contributed by atoms with Crippen LogP contribution in [0.2, 0.25) is 0 Å². The van der Waals surface area contributed by atoms with Crippen molar-refractivity contribution in [2.24, 2.45) is 0 Å². The van der Waals surface area contributed by atoms with E-state index in [4.69, 9.17) is 0 Å². The Morgan fingerprint density at radius 3 is 2.88 bits per heavy atom. The molecule has 0 spiro atoms.